The maximum atomic E-state index is 13.4. The molecule has 2 aromatic heterocycles. The summed E-state index contributed by atoms with van der Waals surface area (Å²) < 4.78 is 24.8. The van der Waals surface area contributed by atoms with Crippen molar-refractivity contribution < 1.29 is 27.9 Å². The van der Waals surface area contributed by atoms with Gasteiger partial charge in [-0.05, 0) is 49.1 Å². The summed E-state index contributed by atoms with van der Waals surface area (Å²) in [5, 5.41) is 15.3. The molecule has 0 spiro atoms. The first kappa shape index (κ1) is 24.2. The summed E-state index contributed by atoms with van der Waals surface area (Å²) in [5.74, 6) is -2.67. The molecule has 4 rings (SSSR count). The third-order valence-corrected chi connectivity index (χ3v) is 6.62. The second-order valence-corrected chi connectivity index (χ2v) is 8.83. The summed E-state index contributed by atoms with van der Waals surface area (Å²) in [5.41, 5.74) is 3.03. The molecule has 2 atom stereocenters. The molecule has 2 heterocycles. The molecule has 0 unspecified atom stereocenters. The lowest BCUT2D eigenvalue weighted by molar-refractivity contribution is -0.309. The zero-order chi connectivity index (χ0) is 25.4. The van der Waals surface area contributed by atoms with Gasteiger partial charge in [0.15, 0.2) is 0 Å². The minimum Gasteiger partial charge on any atom is -0.548 e. The predicted octanol–water partition coefficient (Wildman–Crippen LogP) is 3.79. The van der Waals surface area contributed by atoms with E-state index < -0.39 is 23.5 Å². The van der Waals surface area contributed by atoms with Gasteiger partial charge in [-0.1, -0.05) is 32.4 Å². The Morgan fingerprint density at radius 1 is 1.09 bits per heavy atom. The average molecular weight is 478 g/mol. The molecule has 4 aromatic rings. The minimum atomic E-state index is -1.37. The van der Waals surface area contributed by atoms with Gasteiger partial charge in [-0.3, -0.25) is 4.79 Å². The number of benzene rings is 2. The third kappa shape index (κ3) is 4.43. The number of nitrogens with one attached hydrogen (secondary N) is 1. The SMILES string of the molecule is CC[C@@H](C)[C@H](NC(=O)Cc1c(C)c2cc3c(-c4ccc(F)cc4)coc3c(C)c2oc1=O)C(=O)[O-]. The first-order valence-electron chi connectivity index (χ1n) is 11.4. The van der Waals surface area contributed by atoms with E-state index in [-0.39, 0.29) is 23.7 Å². The van der Waals surface area contributed by atoms with Gasteiger partial charge in [-0.15, -0.1) is 0 Å². The van der Waals surface area contributed by atoms with Gasteiger partial charge < -0.3 is 24.1 Å². The van der Waals surface area contributed by atoms with Crippen molar-refractivity contribution in [2.75, 3.05) is 0 Å². The number of carbonyl (C=O) groups excluding carboxylic acids is 2. The number of halogens is 1. The molecule has 7 nitrogen and oxygen atoms in total. The molecule has 0 aliphatic heterocycles. The molecule has 0 bridgehead atoms. The van der Waals surface area contributed by atoms with Gasteiger partial charge in [0.1, 0.15) is 17.0 Å². The topological polar surface area (TPSA) is 113 Å². The molecule has 0 saturated heterocycles. The number of aryl methyl sites for hydroxylation is 2. The van der Waals surface area contributed by atoms with E-state index >= 15 is 0 Å². The second-order valence-electron chi connectivity index (χ2n) is 8.83. The Labute approximate surface area is 200 Å². The molecule has 8 heteroatoms. The highest BCUT2D eigenvalue weighted by Gasteiger charge is 2.23. The molecule has 35 heavy (non-hydrogen) atoms. The molecule has 0 aliphatic rings. The number of hydrogen-bond acceptors (Lipinski definition) is 6. The number of carbonyl (C=O) groups is 2. The number of fused-ring (bicyclic) bond motifs is 2. The van der Waals surface area contributed by atoms with Crippen LogP contribution in [0.1, 0.15) is 37.0 Å². The Bertz CT molecular complexity index is 1500. The van der Waals surface area contributed by atoms with Crippen LogP contribution in [-0.2, 0) is 16.0 Å². The van der Waals surface area contributed by atoms with Crippen LogP contribution in [0.2, 0.25) is 0 Å². The van der Waals surface area contributed by atoms with Crippen LogP contribution in [0.5, 0.6) is 0 Å². The fraction of sp³-hybridized carbons (Fsp3) is 0.296. The minimum absolute atomic E-state index is 0.141. The van der Waals surface area contributed by atoms with Crippen molar-refractivity contribution in [2.45, 2.75) is 46.6 Å². The monoisotopic (exact) mass is 478 g/mol. The van der Waals surface area contributed by atoms with Crippen LogP contribution < -0.4 is 16.0 Å². The van der Waals surface area contributed by atoms with E-state index in [1.54, 1.807) is 39.2 Å². The predicted molar refractivity (Wildman–Crippen MR) is 127 cm³/mol. The maximum Gasteiger partial charge on any atom is 0.340 e. The molecule has 2 aromatic carbocycles. The van der Waals surface area contributed by atoms with Crippen LogP contribution >= 0.6 is 0 Å². The molecule has 182 valence electrons. The van der Waals surface area contributed by atoms with Crippen molar-refractivity contribution >= 4 is 33.8 Å². The fourth-order valence-electron chi connectivity index (χ4n) is 4.31. The van der Waals surface area contributed by atoms with E-state index in [1.807, 2.05) is 13.0 Å². The van der Waals surface area contributed by atoms with E-state index in [0.29, 0.717) is 34.1 Å². The van der Waals surface area contributed by atoms with Gasteiger partial charge in [0.2, 0.25) is 5.91 Å². The molecule has 1 amide bonds. The lowest BCUT2D eigenvalue weighted by atomic mass is 9.96. The number of rotatable bonds is 7. The van der Waals surface area contributed by atoms with Crippen LogP contribution in [-0.4, -0.2) is 17.9 Å². The highest BCUT2D eigenvalue weighted by molar-refractivity contribution is 6.05. The maximum absolute atomic E-state index is 13.4. The van der Waals surface area contributed by atoms with Gasteiger partial charge >= 0.3 is 5.63 Å². The summed E-state index contributed by atoms with van der Waals surface area (Å²) in [4.78, 5) is 36.9. The van der Waals surface area contributed by atoms with Gasteiger partial charge in [-0.2, -0.15) is 0 Å². The number of hydrogen-bond donors (Lipinski definition) is 1. The molecule has 0 fully saturated rings. The molecule has 0 saturated carbocycles. The third-order valence-electron chi connectivity index (χ3n) is 6.62. The molecular formula is C27H25FNO6-. The Hall–Kier alpha value is -3.94. The normalized spacial score (nSPS) is 13.2. The van der Waals surface area contributed by atoms with E-state index in [1.165, 1.54) is 12.1 Å². The number of aliphatic carboxylic acids is 1. The fourth-order valence-corrected chi connectivity index (χ4v) is 4.31. The summed E-state index contributed by atoms with van der Waals surface area (Å²) in [7, 11) is 0. The summed E-state index contributed by atoms with van der Waals surface area (Å²) in [6.45, 7) is 7.01. The Morgan fingerprint density at radius 2 is 1.77 bits per heavy atom. The molecule has 0 radical (unpaired) electrons. The average Bonchev–Trinajstić information content (AvgIpc) is 3.25. The van der Waals surface area contributed by atoms with Crippen molar-refractivity contribution in [3.63, 3.8) is 0 Å². The largest absolute Gasteiger partial charge is 0.548 e. The first-order valence-corrected chi connectivity index (χ1v) is 11.4. The number of amides is 1. The Morgan fingerprint density at radius 3 is 2.40 bits per heavy atom. The molecular weight excluding hydrogens is 453 g/mol. The highest BCUT2D eigenvalue weighted by atomic mass is 19.1. The second kappa shape index (κ2) is 9.37. The number of furan rings is 1. The van der Waals surface area contributed by atoms with Crippen LogP contribution in [0.15, 0.2) is 50.2 Å². The van der Waals surface area contributed by atoms with E-state index in [2.05, 4.69) is 5.32 Å². The van der Waals surface area contributed by atoms with Crippen LogP contribution in [0, 0.1) is 25.6 Å². The standard InChI is InChI=1S/C27H26FNO6/c1-5-13(2)23(26(31)32)29-22(30)11-19-14(3)18-10-20-21(16-6-8-17(28)9-7-16)12-34-24(20)15(4)25(18)35-27(19)33/h6-10,12-13,23H,5,11H2,1-4H3,(H,29,30)(H,31,32)/p-1/t13-,23+/m1/s1. The van der Waals surface area contributed by atoms with E-state index in [9.17, 15) is 23.9 Å². The quantitative estimate of drug-likeness (QED) is 0.405. The smallest absolute Gasteiger partial charge is 0.340 e. The van der Waals surface area contributed by atoms with Crippen molar-refractivity contribution in [2.24, 2.45) is 5.92 Å². The van der Waals surface area contributed by atoms with Crippen LogP contribution in [0.25, 0.3) is 33.1 Å². The van der Waals surface area contributed by atoms with Gasteiger partial charge in [0.25, 0.3) is 0 Å². The Balaban J connectivity index is 1.79. The summed E-state index contributed by atoms with van der Waals surface area (Å²) in [6, 6.07) is 6.69. The van der Waals surface area contributed by atoms with Gasteiger partial charge in [0, 0.05) is 21.9 Å². The zero-order valence-electron chi connectivity index (χ0n) is 19.9. The lowest BCUT2D eigenvalue weighted by Gasteiger charge is -2.25. The summed E-state index contributed by atoms with van der Waals surface area (Å²) in [6.07, 6.45) is 1.77. The number of carboxylic acid groups (broad SMARTS) is 1. The highest BCUT2D eigenvalue weighted by Crippen LogP contribution is 2.37. The van der Waals surface area contributed by atoms with Crippen molar-refractivity contribution in [3.8, 4) is 11.1 Å². The molecule has 0 aliphatic carbocycles. The van der Waals surface area contributed by atoms with Crippen molar-refractivity contribution in [1.29, 1.82) is 0 Å². The Kier molecular flexibility index (Phi) is 6.47. The van der Waals surface area contributed by atoms with Crippen LogP contribution in [0.3, 0.4) is 0 Å². The van der Waals surface area contributed by atoms with E-state index in [0.717, 1.165) is 16.5 Å². The zero-order valence-corrected chi connectivity index (χ0v) is 19.9. The lowest BCUT2D eigenvalue weighted by Crippen LogP contribution is -2.51. The number of carboxylic acids is 1. The van der Waals surface area contributed by atoms with Crippen molar-refractivity contribution in [3.05, 3.63) is 69.5 Å². The van der Waals surface area contributed by atoms with Gasteiger partial charge in [0.05, 0.1) is 30.3 Å². The van der Waals surface area contributed by atoms with Gasteiger partial charge in [-0.25, -0.2) is 9.18 Å². The summed E-state index contributed by atoms with van der Waals surface area (Å²) >= 11 is 0. The first-order chi connectivity index (χ1) is 16.6. The van der Waals surface area contributed by atoms with E-state index in [4.69, 9.17) is 8.83 Å². The molecule has 1 N–H and O–H groups in total. The van der Waals surface area contributed by atoms with Crippen LogP contribution in [0.4, 0.5) is 4.39 Å². The van der Waals surface area contributed by atoms with Crippen molar-refractivity contribution in [1.82, 2.24) is 5.32 Å².